The first-order valence-corrected chi connectivity index (χ1v) is 19.8. The minimum absolute atomic E-state index is 0.895. The van der Waals surface area contributed by atoms with E-state index in [-0.39, 0.29) is 0 Å². The van der Waals surface area contributed by atoms with E-state index in [0.717, 1.165) is 54.7 Å². The Kier molecular flexibility index (Phi) is 6.58. The molecule has 4 aromatic heterocycles. The molecule has 0 radical (unpaired) electrons. The number of nitrogens with zero attached hydrogens (tertiary/aromatic N) is 5. The molecule has 0 atom stereocenters. The molecule has 0 amide bonds. The first-order valence-electron chi connectivity index (χ1n) is 18.3. The second kappa shape index (κ2) is 11.7. The van der Waals surface area contributed by atoms with Gasteiger partial charge in [-0.05, 0) is 100 Å². The van der Waals surface area contributed by atoms with Gasteiger partial charge in [0.25, 0.3) is 0 Å². The highest BCUT2D eigenvalue weighted by Gasteiger charge is 2.19. The zero-order chi connectivity index (χ0) is 36.2. The van der Waals surface area contributed by atoms with Crippen LogP contribution < -0.4 is 0 Å². The molecule has 4 heterocycles. The summed E-state index contributed by atoms with van der Waals surface area (Å²) in [4.78, 5) is 0. The lowest BCUT2D eigenvalue weighted by molar-refractivity contribution is 1.16. The van der Waals surface area contributed by atoms with E-state index >= 15 is 0 Å². The molecule has 0 spiro atoms. The Morgan fingerprint density at radius 3 is 1.25 bits per heavy atom. The van der Waals surface area contributed by atoms with E-state index in [4.69, 9.17) is 0 Å². The molecule has 0 saturated heterocycles. The number of hydrogen-bond acceptors (Lipinski definition) is 3. The number of aromatic nitrogens is 5. The Morgan fingerprint density at radius 2 is 0.764 bits per heavy atom. The topological polar surface area (TPSA) is 40.6 Å². The van der Waals surface area contributed by atoms with Crippen LogP contribution in [0.2, 0.25) is 0 Å². The monoisotopic (exact) mass is 785 g/mol. The van der Waals surface area contributed by atoms with Crippen molar-refractivity contribution in [3.8, 4) is 28.2 Å². The number of hydrogen-bond donors (Lipinski definition) is 0. The first kappa shape index (κ1) is 30.9. The third-order valence-electron chi connectivity index (χ3n) is 11.2. The number of halogens is 1. The maximum absolute atomic E-state index is 4.64. The van der Waals surface area contributed by atoms with Gasteiger partial charge in [0, 0.05) is 59.4 Å². The molecule has 12 aromatic rings. The highest BCUT2D eigenvalue weighted by molar-refractivity contribution is 9.10. The summed E-state index contributed by atoms with van der Waals surface area (Å²) in [5.41, 5.74) is 14.5. The van der Waals surface area contributed by atoms with E-state index < -0.39 is 0 Å². The third kappa shape index (κ3) is 4.45. The molecule has 0 aliphatic heterocycles. The second-order valence-electron chi connectivity index (χ2n) is 14.1. The van der Waals surface area contributed by atoms with Gasteiger partial charge in [-0.2, -0.15) is 8.75 Å². The molecule has 0 bridgehead atoms. The van der Waals surface area contributed by atoms with E-state index in [2.05, 4.69) is 208 Å². The van der Waals surface area contributed by atoms with Gasteiger partial charge in [-0.25, -0.2) is 0 Å². The fourth-order valence-electron chi connectivity index (χ4n) is 8.82. The number of rotatable bonds is 4. The molecule has 7 heteroatoms. The summed E-state index contributed by atoms with van der Waals surface area (Å²) in [5, 5.41) is 7.42. The fraction of sp³-hybridized carbons (Fsp3) is 0. The van der Waals surface area contributed by atoms with Crippen LogP contribution in [0.15, 0.2) is 174 Å². The molecule has 0 aliphatic rings. The van der Waals surface area contributed by atoms with E-state index in [9.17, 15) is 0 Å². The molecule has 258 valence electrons. The first-order chi connectivity index (χ1) is 27.2. The van der Waals surface area contributed by atoms with Gasteiger partial charge in [0.05, 0.1) is 44.8 Å². The van der Waals surface area contributed by atoms with Crippen LogP contribution in [0, 0.1) is 0 Å². The lowest BCUT2D eigenvalue weighted by atomic mass is 10.0. The van der Waals surface area contributed by atoms with Gasteiger partial charge in [-0.3, -0.25) is 0 Å². The van der Waals surface area contributed by atoms with E-state index in [0.29, 0.717) is 0 Å². The summed E-state index contributed by atoms with van der Waals surface area (Å²) in [5.74, 6) is 0. The summed E-state index contributed by atoms with van der Waals surface area (Å²) in [6.07, 6.45) is 0. The maximum Gasteiger partial charge on any atom is 0.119 e. The Labute approximate surface area is 327 Å². The molecule has 5 nitrogen and oxygen atoms in total. The van der Waals surface area contributed by atoms with E-state index in [1.165, 1.54) is 66.1 Å². The summed E-state index contributed by atoms with van der Waals surface area (Å²) in [7, 11) is 0. The van der Waals surface area contributed by atoms with E-state index in [1.807, 2.05) is 0 Å². The van der Waals surface area contributed by atoms with Gasteiger partial charge in [0.2, 0.25) is 0 Å². The van der Waals surface area contributed by atoms with Crippen LogP contribution in [0.25, 0.3) is 105 Å². The third-order valence-corrected chi connectivity index (χ3v) is 12.4. The Balaban J connectivity index is 1.12. The van der Waals surface area contributed by atoms with Crippen molar-refractivity contribution in [3.63, 3.8) is 0 Å². The molecule has 0 unspecified atom stereocenters. The van der Waals surface area contributed by atoms with Gasteiger partial charge in [0.1, 0.15) is 11.0 Å². The molecule has 12 rings (SSSR count). The van der Waals surface area contributed by atoms with Crippen molar-refractivity contribution in [1.29, 1.82) is 0 Å². The quantitative estimate of drug-likeness (QED) is 0.178. The smallest absolute Gasteiger partial charge is 0.119 e. The number of para-hydroxylation sites is 4. The molecule has 55 heavy (non-hydrogen) atoms. The highest BCUT2D eigenvalue weighted by atomic mass is 79.9. The van der Waals surface area contributed by atoms with Crippen LogP contribution in [-0.2, 0) is 0 Å². The summed E-state index contributed by atoms with van der Waals surface area (Å²) in [6, 6.07) is 61.8. The minimum Gasteiger partial charge on any atom is -0.309 e. The SMILES string of the molecule is Brc1ccc(-c2ccc(-n3c4ccc(-n5c6ccccc6c6ccccc65)cc4c4cc(-n5c6ccccc6c6ccccc65)ccc43)cc2)c2nsnc12. The van der Waals surface area contributed by atoms with Crippen molar-refractivity contribution < 1.29 is 0 Å². The molecule has 8 aromatic carbocycles. The van der Waals surface area contributed by atoms with Crippen molar-refractivity contribution in [3.05, 3.63) is 174 Å². The second-order valence-corrected chi connectivity index (χ2v) is 15.5. The Morgan fingerprint density at radius 1 is 0.364 bits per heavy atom. The van der Waals surface area contributed by atoms with Crippen LogP contribution in [0.3, 0.4) is 0 Å². The molecule has 0 aliphatic carbocycles. The van der Waals surface area contributed by atoms with Gasteiger partial charge in [0.15, 0.2) is 0 Å². The van der Waals surface area contributed by atoms with Crippen molar-refractivity contribution in [2.24, 2.45) is 0 Å². The number of fused-ring (bicyclic) bond motifs is 10. The van der Waals surface area contributed by atoms with Crippen LogP contribution in [-0.4, -0.2) is 22.4 Å². The standard InChI is InChI=1S/C48H28BrN5S/c49-40-24-23-33(47-48(40)51-55-50-47)29-17-19-30(20-18-29)52-45-25-21-31(53-41-13-5-1-9-34(41)35-10-2-6-14-42(35)53)27-38(45)39-28-32(22-26-46(39)52)54-43-15-7-3-11-36(43)37-12-4-8-16-44(37)54/h1-28H. The molecule has 0 N–H and O–H groups in total. The van der Waals surface area contributed by atoms with Gasteiger partial charge < -0.3 is 13.7 Å². The predicted molar refractivity (Wildman–Crippen MR) is 234 cm³/mol. The van der Waals surface area contributed by atoms with Crippen molar-refractivity contribution in [1.82, 2.24) is 22.4 Å². The molecular weight excluding hydrogens is 759 g/mol. The van der Waals surface area contributed by atoms with Crippen LogP contribution in [0.5, 0.6) is 0 Å². The Bertz CT molecular complexity index is 3230. The maximum atomic E-state index is 4.64. The normalized spacial score (nSPS) is 12.1. The van der Waals surface area contributed by atoms with Gasteiger partial charge >= 0.3 is 0 Å². The fourth-order valence-corrected chi connectivity index (χ4v) is 9.92. The molecular formula is C48H28BrN5S. The Hall–Kier alpha value is -6.54. The average molecular weight is 787 g/mol. The lowest BCUT2D eigenvalue weighted by Gasteiger charge is -2.12. The van der Waals surface area contributed by atoms with Crippen molar-refractivity contribution in [2.75, 3.05) is 0 Å². The van der Waals surface area contributed by atoms with Gasteiger partial charge in [-0.1, -0.05) is 91.0 Å². The van der Waals surface area contributed by atoms with Gasteiger partial charge in [-0.15, -0.1) is 0 Å². The predicted octanol–water partition coefficient (Wildman–Crippen LogP) is 13.4. The average Bonchev–Trinajstić information content (AvgIpc) is 4.02. The highest BCUT2D eigenvalue weighted by Crippen LogP contribution is 2.40. The molecule has 0 fully saturated rings. The summed E-state index contributed by atoms with van der Waals surface area (Å²) >= 11 is 4.89. The van der Waals surface area contributed by atoms with E-state index in [1.54, 1.807) is 0 Å². The summed E-state index contributed by atoms with van der Waals surface area (Å²) in [6.45, 7) is 0. The largest absolute Gasteiger partial charge is 0.309 e. The minimum atomic E-state index is 0.895. The lowest BCUT2D eigenvalue weighted by Crippen LogP contribution is -1.96. The van der Waals surface area contributed by atoms with Crippen LogP contribution in [0.4, 0.5) is 0 Å². The van der Waals surface area contributed by atoms with Crippen LogP contribution >= 0.6 is 27.7 Å². The van der Waals surface area contributed by atoms with Crippen LogP contribution in [0.1, 0.15) is 0 Å². The van der Waals surface area contributed by atoms with Crippen molar-refractivity contribution in [2.45, 2.75) is 0 Å². The zero-order valence-corrected chi connectivity index (χ0v) is 31.6. The molecule has 0 saturated carbocycles. The summed E-state index contributed by atoms with van der Waals surface area (Å²) < 4.78 is 17.3. The number of benzene rings is 8. The zero-order valence-electron chi connectivity index (χ0n) is 29.2. The van der Waals surface area contributed by atoms with Crippen molar-refractivity contribution >= 4 is 104 Å².